The highest BCUT2D eigenvalue weighted by Crippen LogP contribution is 2.49. The van der Waals surface area contributed by atoms with Crippen molar-refractivity contribution in [2.24, 2.45) is 0 Å². The highest BCUT2D eigenvalue weighted by molar-refractivity contribution is 5.64. The second-order valence-corrected chi connectivity index (χ2v) is 7.01. The van der Waals surface area contributed by atoms with Crippen LogP contribution >= 0.6 is 0 Å². The Morgan fingerprint density at radius 1 is 0.567 bits per heavy atom. The van der Waals surface area contributed by atoms with Gasteiger partial charge in [0.25, 0.3) is 0 Å². The highest BCUT2D eigenvalue weighted by atomic mass is 19.4. The van der Waals surface area contributed by atoms with Crippen molar-refractivity contribution in [3.8, 4) is 11.1 Å². The lowest BCUT2D eigenvalue weighted by molar-refractivity contribution is -0.174. The molecule has 30 heavy (non-hydrogen) atoms. The molecule has 158 valence electrons. The molecule has 0 aromatic heterocycles. The second kappa shape index (κ2) is 7.41. The summed E-state index contributed by atoms with van der Waals surface area (Å²) in [5.74, 6) is -12.4. The highest BCUT2D eigenvalue weighted by Gasteiger charge is 2.57. The smallest absolute Gasteiger partial charge is 0.203 e. The Kier molecular flexibility index (Phi) is 5.39. The van der Waals surface area contributed by atoms with Gasteiger partial charge in [0.2, 0.25) is 5.82 Å². The molecule has 0 saturated heterocycles. The average molecular weight is 430 g/mol. The molecule has 0 radical (unpaired) electrons. The Morgan fingerprint density at radius 2 is 0.933 bits per heavy atom. The normalized spacial score (nSPS) is 13.9. The van der Waals surface area contributed by atoms with Crippen LogP contribution in [0.15, 0.2) is 48.5 Å². The molecule has 0 saturated carbocycles. The van der Waals surface area contributed by atoms with Crippen LogP contribution in [-0.4, -0.2) is 6.18 Å². The van der Waals surface area contributed by atoms with Crippen LogP contribution in [0.3, 0.4) is 0 Å². The van der Waals surface area contributed by atoms with E-state index in [-0.39, 0.29) is 0 Å². The zero-order chi connectivity index (χ0) is 22.4. The average Bonchev–Trinajstić information content (AvgIpc) is 2.70. The van der Waals surface area contributed by atoms with E-state index in [0.717, 1.165) is 17.7 Å². The summed E-state index contributed by atoms with van der Waals surface area (Å²) in [5, 5.41) is 0. The van der Waals surface area contributed by atoms with Crippen LogP contribution in [0.4, 0.5) is 35.1 Å². The molecule has 0 bridgehead atoms. The molecule has 0 aliphatic rings. The maximum absolute atomic E-state index is 14.3. The van der Waals surface area contributed by atoms with Crippen molar-refractivity contribution in [3.63, 3.8) is 0 Å². The molecule has 3 aromatic rings. The van der Waals surface area contributed by atoms with E-state index in [1.54, 1.807) is 24.3 Å². The van der Waals surface area contributed by atoms with E-state index in [9.17, 15) is 35.1 Å². The molecule has 0 aliphatic carbocycles. The predicted octanol–water partition coefficient (Wildman–Crippen LogP) is 7.23. The third-order valence-corrected chi connectivity index (χ3v) is 5.12. The zero-order valence-electron chi connectivity index (χ0n) is 15.6. The van der Waals surface area contributed by atoms with E-state index >= 15 is 0 Å². The van der Waals surface area contributed by atoms with Gasteiger partial charge in [-0.2, -0.15) is 13.2 Å². The summed E-state index contributed by atoms with van der Waals surface area (Å²) in [4.78, 5) is 0. The van der Waals surface area contributed by atoms with Gasteiger partial charge >= 0.3 is 6.18 Å². The van der Waals surface area contributed by atoms with Gasteiger partial charge in [0.05, 0.1) is 0 Å². The first-order valence-corrected chi connectivity index (χ1v) is 8.65. The summed E-state index contributed by atoms with van der Waals surface area (Å²) in [5.41, 5.74) is -3.95. The third-order valence-electron chi connectivity index (χ3n) is 5.12. The molecule has 0 N–H and O–H groups in total. The van der Waals surface area contributed by atoms with E-state index in [1.807, 2.05) is 6.92 Å². The van der Waals surface area contributed by atoms with Crippen LogP contribution in [-0.2, 0) is 5.41 Å². The van der Waals surface area contributed by atoms with Crippen molar-refractivity contribution in [2.45, 2.75) is 25.4 Å². The second-order valence-electron chi connectivity index (χ2n) is 7.01. The Bertz CT molecular complexity index is 1050. The lowest BCUT2D eigenvalue weighted by Crippen LogP contribution is -2.43. The number of benzene rings is 3. The van der Waals surface area contributed by atoms with Crippen molar-refractivity contribution in [3.05, 3.63) is 94.3 Å². The van der Waals surface area contributed by atoms with Crippen LogP contribution in [0.25, 0.3) is 11.1 Å². The van der Waals surface area contributed by atoms with Gasteiger partial charge in [0.15, 0.2) is 23.3 Å². The van der Waals surface area contributed by atoms with Gasteiger partial charge in [-0.15, -0.1) is 0 Å². The summed E-state index contributed by atoms with van der Waals surface area (Å²) in [6, 6.07) is 11.5. The molecule has 3 rings (SSSR count). The fourth-order valence-electron chi connectivity index (χ4n) is 3.24. The van der Waals surface area contributed by atoms with Crippen molar-refractivity contribution in [2.75, 3.05) is 0 Å². The van der Waals surface area contributed by atoms with Gasteiger partial charge in [-0.3, -0.25) is 0 Å². The lowest BCUT2D eigenvalue weighted by atomic mass is 9.74. The third kappa shape index (κ3) is 3.34. The monoisotopic (exact) mass is 430 g/mol. The lowest BCUT2D eigenvalue weighted by Gasteiger charge is -2.34. The minimum Gasteiger partial charge on any atom is -0.203 e. The van der Waals surface area contributed by atoms with E-state index < -0.39 is 51.8 Å². The fraction of sp³-hybridized carbons (Fsp3) is 0.182. The number of halogens is 8. The number of alkyl halides is 3. The van der Waals surface area contributed by atoms with Crippen LogP contribution in [0, 0.1) is 36.0 Å². The van der Waals surface area contributed by atoms with E-state index in [2.05, 4.69) is 0 Å². The zero-order valence-corrected chi connectivity index (χ0v) is 15.6. The quantitative estimate of drug-likeness (QED) is 0.234. The van der Waals surface area contributed by atoms with E-state index in [0.29, 0.717) is 18.1 Å². The Labute approximate surface area is 166 Å². The largest absolute Gasteiger partial charge is 0.402 e. The summed E-state index contributed by atoms with van der Waals surface area (Å²) in [6.07, 6.45) is -5.36. The Hall–Kier alpha value is -2.90. The molecule has 0 amide bonds. The maximum Gasteiger partial charge on any atom is 0.402 e. The van der Waals surface area contributed by atoms with Gasteiger partial charge in [-0.05, 0) is 30.5 Å². The van der Waals surface area contributed by atoms with Crippen molar-refractivity contribution >= 4 is 0 Å². The van der Waals surface area contributed by atoms with Crippen LogP contribution in [0.2, 0.25) is 0 Å². The fourth-order valence-corrected chi connectivity index (χ4v) is 3.24. The summed E-state index contributed by atoms with van der Waals surface area (Å²) >= 11 is 0. The molecule has 1 unspecified atom stereocenters. The van der Waals surface area contributed by atoms with Crippen LogP contribution in [0.5, 0.6) is 0 Å². The standard InChI is InChI=1S/C22H14F8/c1-11-3-5-12(6-4-11)13-7-9-14(10-8-13)21(2,22(28,29)30)15-16(23)18(25)20(27)19(26)17(15)24/h3-10H,1-2H3. The van der Waals surface area contributed by atoms with Crippen molar-refractivity contribution < 1.29 is 35.1 Å². The van der Waals surface area contributed by atoms with Gasteiger partial charge in [-0.25, -0.2) is 22.0 Å². The molecule has 3 aromatic carbocycles. The van der Waals surface area contributed by atoms with E-state index in [4.69, 9.17) is 0 Å². The Morgan fingerprint density at radius 3 is 1.33 bits per heavy atom. The summed E-state index contributed by atoms with van der Waals surface area (Å²) in [6.45, 7) is 2.23. The number of aryl methyl sites for hydroxylation is 1. The maximum atomic E-state index is 14.3. The first-order chi connectivity index (χ1) is 13.9. The summed E-state index contributed by atoms with van der Waals surface area (Å²) in [7, 11) is 0. The topological polar surface area (TPSA) is 0 Å². The minimum atomic E-state index is -5.36. The SMILES string of the molecule is Cc1ccc(-c2ccc(C(C)(c3c(F)c(F)c(F)c(F)c3F)C(F)(F)F)cc2)cc1. The molecule has 0 heterocycles. The number of hydrogen-bond acceptors (Lipinski definition) is 0. The molecule has 0 spiro atoms. The first-order valence-electron chi connectivity index (χ1n) is 8.65. The summed E-state index contributed by atoms with van der Waals surface area (Å²) < 4.78 is 111. The van der Waals surface area contributed by atoms with Crippen molar-refractivity contribution in [1.82, 2.24) is 0 Å². The van der Waals surface area contributed by atoms with Gasteiger partial charge < -0.3 is 0 Å². The molecule has 0 nitrogen and oxygen atoms in total. The predicted molar refractivity (Wildman–Crippen MR) is 95.4 cm³/mol. The number of hydrogen-bond donors (Lipinski definition) is 0. The number of rotatable bonds is 3. The molecule has 0 fully saturated rings. The van der Waals surface area contributed by atoms with Gasteiger partial charge in [0, 0.05) is 5.56 Å². The molecule has 0 aliphatic heterocycles. The minimum absolute atomic E-state index is 0.381. The first kappa shape index (κ1) is 21.8. The van der Waals surface area contributed by atoms with Gasteiger partial charge in [-0.1, -0.05) is 54.1 Å². The van der Waals surface area contributed by atoms with E-state index in [1.165, 1.54) is 12.1 Å². The Balaban J connectivity index is 2.23. The van der Waals surface area contributed by atoms with Gasteiger partial charge in [0.1, 0.15) is 5.41 Å². The van der Waals surface area contributed by atoms with Crippen molar-refractivity contribution in [1.29, 1.82) is 0 Å². The van der Waals surface area contributed by atoms with Crippen LogP contribution < -0.4 is 0 Å². The molecule has 8 heteroatoms. The molecular weight excluding hydrogens is 416 g/mol. The van der Waals surface area contributed by atoms with Crippen LogP contribution in [0.1, 0.15) is 23.6 Å². The molecule has 1 atom stereocenters. The molecular formula is C22H14F8.